The van der Waals surface area contributed by atoms with Crippen LogP contribution in [0.3, 0.4) is 0 Å². The van der Waals surface area contributed by atoms with Crippen LogP contribution in [0, 0.1) is 4.91 Å². The number of aryl methyl sites for hydroxylation is 1. The van der Waals surface area contributed by atoms with Crippen molar-refractivity contribution in [2.24, 2.45) is 5.18 Å². The zero-order chi connectivity index (χ0) is 12.3. The third kappa shape index (κ3) is 2.33. The Kier molecular flexibility index (Phi) is 3.18. The standard InChI is InChI=1S/C12H13N2O3/c1-2-9-5-6-14(16)8-11(9)12-4-3-10(17-12)7-13-15/h3-6,8,16H,2,7H2,1H3/q+1. The highest BCUT2D eigenvalue weighted by atomic mass is 16.5. The largest absolute Gasteiger partial charge is 0.459 e. The molecule has 0 radical (unpaired) electrons. The van der Waals surface area contributed by atoms with Gasteiger partial charge in [-0.1, -0.05) is 12.1 Å². The van der Waals surface area contributed by atoms with E-state index in [9.17, 15) is 10.1 Å². The maximum atomic E-state index is 10.1. The molecule has 0 amide bonds. The molecule has 0 bridgehead atoms. The summed E-state index contributed by atoms with van der Waals surface area (Å²) in [7, 11) is 0. The molecule has 0 aliphatic rings. The molecule has 0 saturated carbocycles. The van der Waals surface area contributed by atoms with Crippen LogP contribution in [0.25, 0.3) is 11.3 Å². The van der Waals surface area contributed by atoms with Crippen molar-refractivity contribution in [3.05, 3.63) is 46.8 Å². The van der Waals surface area contributed by atoms with Gasteiger partial charge in [-0.15, -0.1) is 0 Å². The average Bonchev–Trinajstić information content (AvgIpc) is 2.78. The Morgan fingerprint density at radius 1 is 1.41 bits per heavy atom. The Morgan fingerprint density at radius 3 is 2.94 bits per heavy atom. The molecule has 0 atom stereocenters. The van der Waals surface area contributed by atoms with Crippen molar-refractivity contribution in [2.45, 2.75) is 19.9 Å². The number of hydrogen-bond donors (Lipinski definition) is 1. The molecule has 1 N–H and O–H groups in total. The Morgan fingerprint density at radius 2 is 2.24 bits per heavy atom. The van der Waals surface area contributed by atoms with Crippen molar-refractivity contribution >= 4 is 0 Å². The van der Waals surface area contributed by atoms with Gasteiger partial charge < -0.3 is 4.42 Å². The van der Waals surface area contributed by atoms with E-state index in [1.807, 2.05) is 13.0 Å². The van der Waals surface area contributed by atoms with E-state index in [4.69, 9.17) is 4.42 Å². The lowest BCUT2D eigenvalue weighted by Gasteiger charge is -2.01. The van der Waals surface area contributed by atoms with Gasteiger partial charge in [0.2, 0.25) is 12.4 Å². The van der Waals surface area contributed by atoms with Crippen LogP contribution in [-0.2, 0) is 13.0 Å². The molecule has 0 unspecified atom stereocenters. The molecule has 88 valence electrons. The van der Waals surface area contributed by atoms with Crippen LogP contribution < -0.4 is 4.73 Å². The second kappa shape index (κ2) is 4.78. The second-order valence-corrected chi connectivity index (χ2v) is 3.67. The predicted molar refractivity (Wildman–Crippen MR) is 60.4 cm³/mol. The minimum atomic E-state index is 0.0212. The molecule has 5 nitrogen and oxygen atoms in total. The number of pyridine rings is 1. The van der Waals surface area contributed by atoms with Gasteiger partial charge in [0, 0.05) is 10.8 Å². The van der Waals surface area contributed by atoms with Crippen molar-refractivity contribution in [1.82, 2.24) is 0 Å². The van der Waals surface area contributed by atoms with Crippen molar-refractivity contribution in [3.8, 4) is 11.3 Å². The molecule has 0 aliphatic carbocycles. The quantitative estimate of drug-likeness (QED) is 0.500. The minimum Gasteiger partial charge on any atom is -0.459 e. The topological polar surface area (TPSA) is 66.7 Å². The molecule has 2 heterocycles. The fraction of sp³-hybridized carbons (Fsp3) is 0.250. The molecule has 2 aromatic rings. The molecule has 0 fully saturated rings. The molecule has 5 heteroatoms. The highest BCUT2D eigenvalue weighted by Crippen LogP contribution is 2.25. The third-order valence-electron chi connectivity index (χ3n) is 2.56. The van der Waals surface area contributed by atoms with Crippen LogP contribution >= 0.6 is 0 Å². The van der Waals surface area contributed by atoms with Crippen molar-refractivity contribution in [1.29, 1.82) is 0 Å². The summed E-state index contributed by atoms with van der Waals surface area (Å²) in [5.41, 5.74) is 1.88. The SMILES string of the molecule is CCc1cc[n+](O)cc1-c1ccc(CN=O)o1. The van der Waals surface area contributed by atoms with Gasteiger partial charge in [-0.25, -0.2) is 0 Å². The predicted octanol–water partition coefficient (Wildman–Crippen LogP) is 2.30. The van der Waals surface area contributed by atoms with Gasteiger partial charge in [0.1, 0.15) is 18.1 Å². The number of hydrogen-bond acceptors (Lipinski definition) is 4. The molecule has 0 aromatic carbocycles. The second-order valence-electron chi connectivity index (χ2n) is 3.67. The summed E-state index contributed by atoms with van der Waals surface area (Å²) in [6.45, 7) is 2.05. The Balaban J connectivity index is 2.43. The van der Waals surface area contributed by atoms with E-state index < -0.39 is 0 Å². The fourth-order valence-corrected chi connectivity index (χ4v) is 1.72. The van der Waals surface area contributed by atoms with Crippen molar-refractivity contribution < 1.29 is 14.4 Å². The monoisotopic (exact) mass is 233 g/mol. The van der Waals surface area contributed by atoms with Crippen molar-refractivity contribution in [3.63, 3.8) is 0 Å². The first-order valence-electron chi connectivity index (χ1n) is 5.36. The molecule has 2 rings (SSSR count). The molecular weight excluding hydrogens is 220 g/mol. The molecule has 0 aliphatic heterocycles. The Labute approximate surface area is 98.3 Å². The van der Waals surface area contributed by atoms with E-state index in [1.54, 1.807) is 24.5 Å². The van der Waals surface area contributed by atoms with E-state index >= 15 is 0 Å². The summed E-state index contributed by atoms with van der Waals surface area (Å²) in [5.74, 6) is 1.15. The highest BCUT2D eigenvalue weighted by molar-refractivity contribution is 5.60. The summed E-state index contributed by atoms with van der Waals surface area (Å²) >= 11 is 0. The lowest BCUT2D eigenvalue weighted by molar-refractivity contribution is -0.904. The average molecular weight is 233 g/mol. The van der Waals surface area contributed by atoms with Gasteiger partial charge in [0.25, 0.3) is 0 Å². The maximum absolute atomic E-state index is 10.1. The third-order valence-corrected chi connectivity index (χ3v) is 2.56. The maximum Gasteiger partial charge on any atom is 0.233 e. The highest BCUT2D eigenvalue weighted by Gasteiger charge is 2.13. The summed E-state index contributed by atoms with van der Waals surface area (Å²) < 4.78 is 6.47. The van der Waals surface area contributed by atoms with E-state index in [-0.39, 0.29) is 6.54 Å². The summed E-state index contributed by atoms with van der Waals surface area (Å²) in [4.78, 5) is 10.1. The van der Waals surface area contributed by atoms with Gasteiger partial charge in [0.05, 0.1) is 5.56 Å². The molecule has 0 saturated heterocycles. The van der Waals surface area contributed by atoms with Gasteiger partial charge in [-0.2, -0.15) is 4.91 Å². The number of rotatable bonds is 4. The van der Waals surface area contributed by atoms with Gasteiger partial charge in [-0.05, 0) is 24.1 Å². The van der Waals surface area contributed by atoms with Crippen molar-refractivity contribution in [2.75, 3.05) is 0 Å². The molecule has 17 heavy (non-hydrogen) atoms. The van der Waals surface area contributed by atoms with E-state index in [0.29, 0.717) is 11.5 Å². The molecule has 2 aromatic heterocycles. The molecular formula is C12H13N2O3+. The normalized spacial score (nSPS) is 10.4. The number of nitroso groups, excluding NO2 is 1. The van der Waals surface area contributed by atoms with Crippen LogP contribution in [0.4, 0.5) is 0 Å². The first-order valence-corrected chi connectivity index (χ1v) is 5.36. The summed E-state index contributed by atoms with van der Waals surface area (Å²) in [6, 6.07) is 5.31. The summed E-state index contributed by atoms with van der Waals surface area (Å²) in [6.07, 6.45) is 3.98. The van der Waals surface area contributed by atoms with Gasteiger partial charge in [-0.3, -0.25) is 5.21 Å². The number of aromatic nitrogens is 1. The lowest BCUT2D eigenvalue weighted by atomic mass is 10.1. The van der Waals surface area contributed by atoms with E-state index in [0.717, 1.165) is 22.3 Å². The molecule has 0 spiro atoms. The van der Waals surface area contributed by atoms with E-state index in [1.165, 1.54) is 0 Å². The fourth-order valence-electron chi connectivity index (χ4n) is 1.72. The minimum absolute atomic E-state index is 0.0212. The van der Waals surface area contributed by atoms with Crippen LogP contribution in [0.2, 0.25) is 0 Å². The van der Waals surface area contributed by atoms with Crippen LogP contribution in [0.15, 0.2) is 40.2 Å². The van der Waals surface area contributed by atoms with Gasteiger partial charge >= 0.3 is 0 Å². The van der Waals surface area contributed by atoms with Crippen LogP contribution in [-0.4, -0.2) is 5.21 Å². The Bertz CT molecular complexity index is 534. The number of nitrogens with zero attached hydrogens (tertiary/aromatic N) is 2. The van der Waals surface area contributed by atoms with Crippen LogP contribution in [0.5, 0.6) is 0 Å². The first kappa shape index (κ1) is 11.3. The van der Waals surface area contributed by atoms with Crippen LogP contribution in [0.1, 0.15) is 18.2 Å². The zero-order valence-corrected chi connectivity index (χ0v) is 9.46. The summed E-state index contributed by atoms with van der Waals surface area (Å²) in [5, 5.41) is 12.2. The van der Waals surface area contributed by atoms with Gasteiger partial charge in [0.15, 0.2) is 0 Å². The smallest absolute Gasteiger partial charge is 0.233 e. The zero-order valence-electron chi connectivity index (χ0n) is 9.46. The number of furan rings is 1. The lowest BCUT2D eigenvalue weighted by Crippen LogP contribution is -2.28. The Hall–Kier alpha value is -2.17. The first-order chi connectivity index (χ1) is 8.24. The van der Waals surface area contributed by atoms with E-state index in [2.05, 4.69) is 5.18 Å².